The smallest absolute Gasteiger partial charge is 0.306 e. The molecule has 0 unspecified atom stereocenters. The number of benzene rings is 2. The fourth-order valence-corrected chi connectivity index (χ4v) is 4.14. The number of rotatable bonds is 10. The monoisotopic (exact) mass is 498 g/mol. The molecular weight excluding hydrogens is 468 g/mol. The molecule has 0 aliphatic rings. The minimum Gasteiger partial charge on any atom is -0.493 e. The quantitative estimate of drug-likeness (QED) is 0.329. The van der Waals surface area contributed by atoms with E-state index in [-0.39, 0.29) is 5.97 Å². The van der Waals surface area contributed by atoms with Gasteiger partial charge in [0.2, 0.25) is 0 Å². The van der Waals surface area contributed by atoms with Crippen molar-refractivity contribution in [3.05, 3.63) is 69.5 Å². The van der Waals surface area contributed by atoms with Crippen molar-refractivity contribution in [3.8, 4) is 17.1 Å². The van der Waals surface area contributed by atoms with Crippen molar-refractivity contribution in [3.63, 3.8) is 0 Å². The van der Waals surface area contributed by atoms with E-state index in [0.29, 0.717) is 26.1 Å². The summed E-state index contributed by atoms with van der Waals surface area (Å²) < 4.78 is 14.3. The number of ether oxygens (including phenoxy) is 2. The maximum absolute atomic E-state index is 11.7. The molecule has 0 radical (unpaired) electrons. The SMILES string of the molecule is CCOC(=O)CCc1ccc(OCCc2c(C)nc(-c3ccc(Br)cc3)n2C)cc1CC. The number of carbonyl (C=O) groups is 1. The van der Waals surface area contributed by atoms with E-state index >= 15 is 0 Å². The Labute approximate surface area is 198 Å². The van der Waals surface area contributed by atoms with E-state index in [4.69, 9.17) is 14.5 Å². The summed E-state index contributed by atoms with van der Waals surface area (Å²) in [4.78, 5) is 16.4. The molecule has 3 rings (SSSR count). The van der Waals surface area contributed by atoms with Gasteiger partial charge in [0.25, 0.3) is 0 Å². The third-order valence-corrected chi connectivity index (χ3v) is 6.11. The molecule has 0 atom stereocenters. The zero-order valence-electron chi connectivity index (χ0n) is 19.3. The Kier molecular flexibility index (Phi) is 8.51. The van der Waals surface area contributed by atoms with Crippen molar-refractivity contribution < 1.29 is 14.3 Å². The van der Waals surface area contributed by atoms with E-state index in [1.807, 2.05) is 32.0 Å². The molecule has 32 heavy (non-hydrogen) atoms. The molecule has 0 bridgehead atoms. The first-order valence-electron chi connectivity index (χ1n) is 11.1. The van der Waals surface area contributed by atoms with E-state index in [1.165, 1.54) is 16.8 Å². The van der Waals surface area contributed by atoms with Gasteiger partial charge in [-0.3, -0.25) is 4.79 Å². The third-order valence-electron chi connectivity index (χ3n) is 5.59. The first kappa shape index (κ1) is 24.1. The number of aromatic nitrogens is 2. The molecule has 0 fully saturated rings. The average molecular weight is 499 g/mol. The second-order valence-electron chi connectivity index (χ2n) is 7.72. The molecule has 0 aliphatic carbocycles. The van der Waals surface area contributed by atoms with Crippen LogP contribution in [0.25, 0.3) is 11.4 Å². The van der Waals surface area contributed by atoms with E-state index in [2.05, 4.69) is 58.7 Å². The van der Waals surface area contributed by atoms with Crippen LogP contribution in [0.3, 0.4) is 0 Å². The molecular formula is C26H31BrN2O3. The van der Waals surface area contributed by atoms with Crippen LogP contribution in [0.15, 0.2) is 46.9 Å². The lowest BCUT2D eigenvalue weighted by Crippen LogP contribution is -2.08. The summed E-state index contributed by atoms with van der Waals surface area (Å²) in [7, 11) is 2.06. The standard InChI is InChI=1S/C26H31BrN2O3/c1-5-19-17-23(13-9-20(19)10-14-25(30)31-6-2)32-16-15-24-18(3)28-26(29(24)4)21-7-11-22(27)12-8-21/h7-9,11-13,17H,5-6,10,14-16H2,1-4H3. The van der Waals surface area contributed by atoms with Crippen molar-refractivity contribution >= 4 is 21.9 Å². The molecule has 0 saturated carbocycles. The Hall–Kier alpha value is -2.60. The Morgan fingerprint density at radius 2 is 1.81 bits per heavy atom. The highest BCUT2D eigenvalue weighted by molar-refractivity contribution is 9.10. The molecule has 0 aliphatic heterocycles. The van der Waals surface area contributed by atoms with Crippen LogP contribution in [0, 0.1) is 6.92 Å². The average Bonchev–Trinajstić information content (AvgIpc) is 3.07. The summed E-state index contributed by atoms with van der Waals surface area (Å²) in [5.41, 5.74) is 5.68. The van der Waals surface area contributed by atoms with Crippen LogP contribution in [0.5, 0.6) is 5.75 Å². The fraction of sp³-hybridized carbons (Fsp3) is 0.385. The van der Waals surface area contributed by atoms with Crippen LogP contribution < -0.4 is 4.74 Å². The van der Waals surface area contributed by atoms with Gasteiger partial charge in [0, 0.05) is 35.6 Å². The highest BCUT2D eigenvalue weighted by atomic mass is 79.9. The number of imidazole rings is 1. The van der Waals surface area contributed by atoms with Gasteiger partial charge in [0.15, 0.2) is 0 Å². The van der Waals surface area contributed by atoms with E-state index in [0.717, 1.165) is 40.1 Å². The van der Waals surface area contributed by atoms with Crippen LogP contribution in [-0.2, 0) is 35.8 Å². The van der Waals surface area contributed by atoms with Crippen molar-refractivity contribution in [2.45, 2.75) is 46.5 Å². The fourth-order valence-electron chi connectivity index (χ4n) is 3.88. The van der Waals surface area contributed by atoms with Gasteiger partial charge in [-0.25, -0.2) is 4.98 Å². The molecule has 0 saturated heterocycles. The van der Waals surface area contributed by atoms with Crippen LogP contribution >= 0.6 is 15.9 Å². The van der Waals surface area contributed by atoms with Gasteiger partial charge in [-0.05, 0) is 62.1 Å². The summed E-state index contributed by atoms with van der Waals surface area (Å²) in [5, 5.41) is 0. The zero-order chi connectivity index (χ0) is 23.1. The normalized spacial score (nSPS) is 10.9. The van der Waals surface area contributed by atoms with E-state index in [1.54, 1.807) is 0 Å². The number of hydrogen-bond donors (Lipinski definition) is 0. The maximum atomic E-state index is 11.7. The van der Waals surface area contributed by atoms with Crippen molar-refractivity contribution in [2.24, 2.45) is 7.05 Å². The third kappa shape index (κ3) is 6.00. The summed E-state index contributed by atoms with van der Waals surface area (Å²) in [6.45, 7) is 7.00. The molecule has 5 nitrogen and oxygen atoms in total. The maximum Gasteiger partial charge on any atom is 0.306 e. The molecule has 2 aromatic carbocycles. The molecule has 0 N–H and O–H groups in total. The highest BCUT2D eigenvalue weighted by Gasteiger charge is 2.14. The van der Waals surface area contributed by atoms with E-state index in [9.17, 15) is 4.79 Å². The molecule has 6 heteroatoms. The molecule has 0 amide bonds. The zero-order valence-corrected chi connectivity index (χ0v) is 20.9. The summed E-state index contributed by atoms with van der Waals surface area (Å²) in [5.74, 6) is 1.67. The molecule has 1 heterocycles. The minimum absolute atomic E-state index is 0.149. The molecule has 3 aromatic rings. The van der Waals surface area contributed by atoms with Crippen LogP contribution in [0.2, 0.25) is 0 Å². The summed E-state index contributed by atoms with van der Waals surface area (Å²) in [6.07, 6.45) is 2.77. The number of aryl methyl sites for hydroxylation is 3. The second-order valence-corrected chi connectivity index (χ2v) is 8.64. The Morgan fingerprint density at radius 1 is 1.06 bits per heavy atom. The highest BCUT2D eigenvalue weighted by Crippen LogP contribution is 2.24. The van der Waals surface area contributed by atoms with E-state index < -0.39 is 0 Å². The van der Waals surface area contributed by atoms with Gasteiger partial charge >= 0.3 is 5.97 Å². The molecule has 170 valence electrons. The lowest BCUT2D eigenvalue weighted by molar-refractivity contribution is -0.143. The van der Waals surface area contributed by atoms with Crippen molar-refractivity contribution in [1.29, 1.82) is 0 Å². The summed E-state index contributed by atoms with van der Waals surface area (Å²) in [6, 6.07) is 14.3. The number of halogens is 1. The Bertz CT molecular complexity index is 1060. The van der Waals surface area contributed by atoms with Gasteiger partial charge in [-0.2, -0.15) is 0 Å². The second kappa shape index (κ2) is 11.3. The van der Waals surface area contributed by atoms with Gasteiger partial charge in [0.1, 0.15) is 11.6 Å². The number of nitrogens with zero attached hydrogens (tertiary/aromatic N) is 2. The van der Waals surface area contributed by atoms with Crippen LogP contribution in [-0.4, -0.2) is 28.7 Å². The van der Waals surface area contributed by atoms with Crippen molar-refractivity contribution in [2.75, 3.05) is 13.2 Å². The number of hydrogen-bond acceptors (Lipinski definition) is 4. The van der Waals surface area contributed by atoms with Gasteiger partial charge in [0.05, 0.1) is 18.9 Å². The first-order valence-corrected chi connectivity index (χ1v) is 11.9. The van der Waals surface area contributed by atoms with Crippen molar-refractivity contribution in [1.82, 2.24) is 9.55 Å². The first-order chi connectivity index (χ1) is 15.4. The Balaban J connectivity index is 1.63. The largest absolute Gasteiger partial charge is 0.493 e. The van der Waals surface area contributed by atoms with Gasteiger partial charge in [-0.15, -0.1) is 0 Å². The molecule has 0 spiro atoms. The summed E-state index contributed by atoms with van der Waals surface area (Å²) >= 11 is 3.48. The van der Waals surface area contributed by atoms with Gasteiger partial charge < -0.3 is 14.0 Å². The van der Waals surface area contributed by atoms with Crippen LogP contribution in [0.4, 0.5) is 0 Å². The lowest BCUT2D eigenvalue weighted by atomic mass is 10.0. The molecule has 1 aromatic heterocycles. The predicted octanol–water partition coefficient (Wildman–Crippen LogP) is 5.84. The lowest BCUT2D eigenvalue weighted by Gasteiger charge is -2.12. The topological polar surface area (TPSA) is 53.4 Å². The Morgan fingerprint density at radius 3 is 2.50 bits per heavy atom. The number of esters is 1. The minimum atomic E-state index is -0.149. The van der Waals surface area contributed by atoms with Gasteiger partial charge in [-0.1, -0.05) is 41.1 Å². The van der Waals surface area contributed by atoms with Crippen LogP contribution in [0.1, 0.15) is 42.8 Å². The predicted molar refractivity (Wildman–Crippen MR) is 131 cm³/mol. The number of carbonyl (C=O) groups excluding carboxylic acids is 1.